The van der Waals surface area contributed by atoms with Crippen LogP contribution >= 0.6 is 0 Å². The first-order valence-electron chi connectivity index (χ1n) is 35.0. The molecule has 1 aromatic rings. The standard InChI is InChI=1S/C70H112N8O19/c1-5-6-25-54(74-45-61(85)70(3,4)77-66(91)57(75-47(2)79)41-48-29-33-51(80)34-30-48)59(83)44-73-55(60(84)46-78-40-23-27-58(78)65(71)90)26-21-22-39-72-62(86)37-31-49(67(92)93)43-53(82)35-36-56(69(96)97)76-63(87)38-32-50(68(94)95)42-52(81)24-19-17-15-13-11-9-7-8-10-12-14-16-18-20-28-64(88)89/h29-30,33-34,49-50,54-58,73-74,80H,5-28,31-32,35-46H2,1-4H3,(H2,71,90)(H,72,86)(H,75,79)(H,76,87)(H,77,91)(H,88,89)(H,92,93)(H,94,95)(H,96,97)/t49-,50-,54+,55+,56-,57+,58+/m1/s1. The summed E-state index contributed by atoms with van der Waals surface area (Å²) in [6.07, 6.45) is 15.7. The number of rotatable bonds is 59. The zero-order valence-corrected chi connectivity index (χ0v) is 57.7. The smallest absolute Gasteiger partial charge is 0.326 e. The highest BCUT2D eigenvalue weighted by molar-refractivity contribution is 5.97. The number of nitrogens with zero attached hydrogens (tertiary/aromatic N) is 1. The van der Waals surface area contributed by atoms with Gasteiger partial charge in [-0.15, -0.1) is 0 Å². The van der Waals surface area contributed by atoms with Crippen LogP contribution in [0.4, 0.5) is 0 Å². The van der Waals surface area contributed by atoms with Gasteiger partial charge in [0, 0.05) is 64.8 Å². The number of carbonyl (C=O) groups is 14. The van der Waals surface area contributed by atoms with E-state index in [2.05, 4.69) is 31.9 Å². The lowest BCUT2D eigenvalue weighted by atomic mass is 9.94. The lowest BCUT2D eigenvalue weighted by molar-refractivity contribution is -0.145. The summed E-state index contributed by atoms with van der Waals surface area (Å²) in [7, 11) is 0. The zero-order valence-electron chi connectivity index (χ0n) is 57.7. The Morgan fingerprint density at radius 2 is 1.07 bits per heavy atom. The number of aromatic hydroxyl groups is 1. The van der Waals surface area contributed by atoms with E-state index < -0.39 is 138 Å². The molecule has 0 radical (unpaired) electrons. The summed E-state index contributed by atoms with van der Waals surface area (Å²) in [5, 5.41) is 64.4. The Kier molecular flexibility index (Phi) is 42.6. The normalized spacial score (nSPS) is 15.0. The molecule has 0 aromatic heterocycles. The predicted molar refractivity (Wildman–Crippen MR) is 361 cm³/mol. The second kappa shape index (κ2) is 48.2. The predicted octanol–water partition coefficient (Wildman–Crippen LogP) is 5.94. The van der Waals surface area contributed by atoms with Crippen LogP contribution in [0.2, 0.25) is 0 Å². The van der Waals surface area contributed by atoms with E-state index in [1.165, 1.54) is 45.7 Å². The van der Waals surface area contributed by atoms with Gasteiger partial charge in [-0.1, -0.05) is 109 Å². The van der Waals surface area contributed by atoms with E-state index in [0.29, 0.717) is 57.1 Å². The van der Waals surface area contributed by atoms with Crippen LogP contribution in [0.3, 0.4) is 0 Å². The largest absolute Gasteiger partial charge is 0.508 e. The molecule has 0 spiro atoms. The van der Waals surface area contributed by atoms with Crippen molar-refractivity contribution in [2.45, 2.75) is 275 Å². The number of hydrogen-bond donors (Lipinski definition) is 12. The number of primary amides is 1. The molecule has 5 amide bonds. The molecule has 0 aliphatic carbocycles. The molecule has 1 aliphatic heterocycles. The van der Waals surface area contributed by atoms with Gasteiger partial charge in [0.25, 0.3) is 0 Å². The minimum atomic E-state index is -1.55. The summed E-state index contributed by atoms with van der Waals surface area (Å²) >= 11 is 0. The topological polar surface area (TPSA) is 442 Å². The van der Waals surface area contributed by atoms with Crippen LogP contribution in [0, 0.1) is 11.8 Å². The fourth-order valence-corrected chi connectivity index (χ4v) is 11.7. The molecule has 546 valence electrons. The number of carboxylic acids is 4. The van der Waals surface area contributed by atoms with Gasteiger partial charge < -0.3 is 63.2 Å². The molecular formula is C70H112N8O19. The van der Waals surface area contributed by atoms with Crippen molar-refractivity contribution in [3.8, 4) is 5.75 Å². The monoisotopic (exact) mass is 1370 g/mol. The number of hydrogen-bond acceptors (Lipinski definition) is 18. The van der Waals surface area contributed by atoms with Crippen molar-refractivity contribution >= 4 is 82.3 Å². The van der Waals surface area contributed by atoms with Gasteiger partial charge >= 0.3 is 23.9 Å². The van der Waals surface area contributed by atoms with Crippen LogP contribution in [0.15, 0.2) is 24.3 Å². The van der Waals surface area contributed by atoms with E-state index >= 15 is 0 Å². The number of nitrogens with two attached hydrogens (primary N) is 1. The number of benzene rings is 1. The molecule has 7 atom stereocenters. The summed E-state index contributed by atoms with van der Waals surface area (Å²) in [6, 6.07) is 1.15. The average Bonchev–Trinajstić information content (AvgIpc) is 1.81. The van der Waals surface area contributed by atoms with Crippen LogP contribution in [0.25, 0.3) is 0 Å². The van der Waals surface area contributed by atoms with E-state index in [0.717, 1.165) is 77.0 Å². The van der Waals surface area contributed by atoms with Gasteiger partial charge in [-0.2, -0.15) is 0 Å². The number of amides is 5. The summed E-state index contributed by atoms with van der Waals surface area (Å²) in [5.74, 6) is -12.2. The van der Waals surface area contributed by atoms with Crippen LogP contribution in [-0.2, 0) is 73.5 Å². The molecule has 13 N–H and O–H groups in total. The number of nitrogens with one attached hydrogen (secondary N) is 6. The van der Waals surface area contributed by atoms with Gasteiger partial charge in [0.1, 0.15) is 29.4 Å². The van der Waals surface area contributed by atoms with E-state index in [-0.39, 0.29) is 101 Å². The fourth-order valence-electron chi connectivity index (χ4n) is 11.7. The van der Waals surface area contributed by atoms with Gasteiger partial charge in [-0.25, -0.2) is 4.79 Å². The third-order valence-corrected chi connectivity index (χ3v) is 17.7. The van der Waals surface area contributed by atoms with E-state index in [1.54, 1.807) is 17.0 Å². The average molecular weight is 1370 g/mol. The molecule has 0 unspecified atom stereocenters. The highest BCUT2D eigenvalue weighted by Gasteiger charge is 2.35. The molecular weight excluding hydrogens is 1260 g/mol. The highest BCUT2D eigenvalue weighted by Crippen LogP contribution is 2.21. The second-order valence-corrected chi connectivity index (χ2v) is 26.5. The minimum Gasteiger partial charge on any atom is -0.508 e. The summed E-state index contributed by atoms with van der Waals surface area (Å²) in [4.78, 5) is 179. The summed E-state index contributed by atoms with van der Waals surface area (Å²) < 4.78 is 0. The quantitative estimate of drug-likeness (QED) is 0.0336. The highest BCUT2D eigenvalue weighted by atomic mass is 16.4. The lowest BCUT2D eigenvalue weighted by Crippen LogP contribution is -2.59. The molecule has 0 saturated carbocycles. The Morgan fingerprint density at radius 1 is 0.557 bits per heavy atom. The second-order valence-electron chi connectivity index (χ2n) is 26.5. The first-order chi connectivity index (χ1) is 46.0. The van der Waals surface area contributed by atoms with Crippen molar-refractivity contribution < 1.29 is 92.7 Å². The number of ketones is 5. The maximum absolute atomic E-state index is 13.9. The Bertz CT molecular complexity index is 2710. The number of phenolic OH excluding ortho intramolecular Hbond substituents is 1. The number of aliphatic carboxylic acids is 4. The molecule has 1 heterocycles. The van der Waals surface area contributed by atoms with Crippen molar-refractivity contribution in [2.24, 2.45) is 17.6 Å². The number of carboxylic acid groups (broad SMARTS) is 4. The van der Waals surface area contributed by atoms with Crippen molar-refractivity contribution in [3.63, 3.8) is 0 Å². The van der Waals surface area contributed by atoms with Gasteiger partial charge in [-0.05, 0) is 109 Å². The molecule has 2 rings (SSSR count). The Hall–Kier alpha value is -7.52. The molecule has 1 saturated heterocycles. The molecule has 27 nitrogen and oxygen atoms in total. The number of Topliss-reactive ketones (excluding diaryl/α,β-unsaturated/α-hetero) is 5. The van der Waals surface area contributed by atoms with Gasteiger partial charge in [0.2, 0.25) is 29.5 Å². The molecule has 97 heavy (non-hydrogen) atoms. The molecule has 1 fully saturated rings. The van der Waals surface area contributed by atoms with Crippen molar-refractivity contribution in [2.75, 3.05) is 32.7 Å². The zero-order chi connectivity index (χ0) is 72.3. The summed E-state index contributed by atoms with van der Waals surface area (Å²) in [5.41, 5.74) is 4.84. The molecule has 1 aromatic carbocycles. The minimum absolute atomic E-state index is 0.0238. The van der Waals surface area contributed by atoms with Crippen LogP contribution in [0.5, 0.6) is 5.75 Å². The molecule has 0 bridgehead atoms. The van der Waals surface area contributed by atoms with E-state index in [4.69, 9.17) is 10.8 Å². The van der Waals surface area contributed by atoms with Gasteiger partial charge in [0.05, 0.1) is 55.1 Å². The first-order valence-corrected chi connectivity index (χ1v) is 35.0. The number of unbranched alkanes of at least 4 members (excludes halogenated alkanes) is 15. The number of likely N-dealkylation sites (tertiary alicyclic amines) is 1. The SMILES string of the molecule is CCCC[C@H](NCC(=O)C(C)(C)NC(=O)[C@H](Cc1ccc(O)cc1)NC(C)=O)C(=O)CN[C@@H](CCCCNC(=O)CC[C@H](CC(=O)CC[C@@H](NC(=O)CC[C@H](CC(=O)CCCCCCCCCCCCCCCCC(=O)O)C(=O)O)C(=O)O)C(=O)O)C(=O)CN1CCC[C@H]1C(N)=O. The number of phenols is 1. The first kappa shape index (κ1) is 85.6. The number of carbonyl (C=O) groups excluding carboxylic acids is 10. The molecule has 1 aliphatic rings. The third kappa shape index (κ3) is 38.3. The molecule has 27 heteroatoms. The van der Waals surface area contributed by atoms with Crippen LogP contribution in [0.1, 0.15) is 239 Å². The van der Waals surface area contributed by atoms with Crippen molar-refractivity contribution in [3.05, 3.63) is 29.8 Å². The van der Waals surface area contributed by atoms with Gasteiger partial charge in [0.15, 0.2) is 17.3 Å². The van der Waals surface area contributed by atoms with E-state index in [9.17, 15) is 87.5 Å². The lowest BCUT2D eigenvalue weighted by Gasteiger charge is -2.29. The summed E-state index contributed by atoms with van der Waals surface area (Å²) in [6.45, 7) is 6.05. The maximum atomic E-state index is 13.9. The van der Waals surface area contributed by atoms with Gasteiger partial charge in [-0.3, -0.25) is 67.2 Å². The Balaban J connectivity index is 1.86. The van der Waals surface area contributed by atoms with Crippen LogP contribution < -0.4 is 37.6 Å². The maximum Gasteiger partial charge on any atom is 0.326 e. The van der Waals surface area contributed by atoms with E-state index in [1.807, 2.05) is 6.92 Å². The Labute approximate surface area is 570 Å². The Morgan fingerprint density at radius 3 is 1.60 bits per heavy atom. The van der Waals surface area contributed by atoms with Crippen molar-refractivity contribution in [1.82, 2.24) is 36.8 Å². The fraction of sp³-hybridized carbons (Fsp3) is 0.714. The van der Waals surface area contributed by atoms with Crippen molar-refractivity contribution in [1.29, 1.82) is 0 Å². The third-order valence-electron chi connectivity index (χ3n) is 17.7. The van der Waals surface area contributed by atoms with Crippen LogP contribution in [-0.4, -0.2) is 181 Å².